The van der Waals surface area contributed by atoms with E-state index in [9.17, 15) is 0 Å². The molecule has 0 aliphatic rings. The highest BCUT2D eigenvalue weighted by atomic mass is 16.5. The van der Waals surface area contributed by atoms with Crippen LogP contribution in [0, 0.1) is 0 Å². The number of benzene rings is 3. The first-order valence-electron chi connectivity index (χ1n) is 8.35. The lowest BCUT2D eigenvalue weighted by atomic mass is 9.89. The Morgan fingerprint density at radius 1 is 0.833 bits per heavy atom. The Bertz CT molecular complexity index is 801. The van der Waals surface area contributed by atoms with Gasteiger partial charge in [0, 0.05) is 0 Å². The first-order chi connectivity index (χ1) is 11.8. The van der Waals surface area contributed by atoms with Gasteiger partial charge in [-0.3, -0.25) is 0 Å². The van der Waals surface area contributed by atoms with Crippen molar-refractivity contribution in [3.8, 4) is 28.0 Å². The Balaban J connectivity index is 2.14. The van der Waals surface area contributed by atoms with Gasteiger partial charge >= 0.3 is 0 Å². The van der Waals surface area contributed by atoms with E-state index in [-0.39, 0.29) is 0 Å². The van der Waals surface area contributed by atoms with Crippen molar-refractivity contribution in [3.63, 3.8) is 0 Å². The van der Waals surface area contributed by atoms with Crippen LogP contribution in [0.2, 0.25) is 0 Å². The molecular weight excluding hydrogens is 292 g/mol. The summed E-state index contributed by atoms with van der Waals surface area (Å²) in [7, 11) is 0. The Kier molecular flexibility index (Phi) is 5.12. The van der Waals surface area contributed by atoms with Crippen molar-refractivity contribution in [2.75, 3.05) is 6.61 Å². The molecule has 3 aromatic rings. The number of allylic oxidation sites excluding steroid dienone is 1. The number of hydrogen-bond donors (Lipinski definition) is 0. The van der Waals surface area contributed by atoms with Gasteiger partial charge in [-0.25, -0.2) is 0 Å². The summed E-state index contributed by atoms with van der Waals surface area (Å²) in [6.07, 6.45) is 2.81. The van der Waals surface area contributed by atoms with Crippen molar-refractivity contribution in [1.82, 2.24) is 0 Å². The fourth-order valence-corrected chi connectivity index (χ4v) is 3.01. The summed E-state index contributed by atoms with van der Waals surface area (Å²) >= 11 is 0. The van der Waals surface area contributed by atoms with E-state index >= 15 is 0 Å². The van der Waals surface area contributed by atoms with Crippen molar-refractivity contribution >= 4 is 0 Å². The molecule has 1 heteroatoms. The van der Waals surface area contributed by atoms with E-state index in [1.54, 1.807) is 0 Å². The molecule has 0 aliphatic carbocycles. The highest BCUT2D eigenvalue weighted by molar-refractivity contribution is 5.86. The summed E-state index contributed by atoms with van der Waals surface area (Å²) < 4.78 is 5.57. The Morgan fingerprint density at radius 2 is 1.58 bits per heavy atom. The average molecular weight is 314 g/mol. The van der Waals surface area contributed by atoms with E-state index in [1.165, 1.54) is 27.8 Å². The summed E-state index contributed by atoms with van der Waals surface area (Å²) in [5.74, 6) is 0.906. The third-order valence-corrected chi connectivity index (χ3v) is 4.05. The van der Waals surface area contributed by atoms with E-state index in [0.29, 0.717) is 6.61 Å². The fraction of sp³-hybridized carbons (Fsp3) is 0.130. The van der Waals surface area contributed by atoms with E-state index in [1.807, 2.05) is 31.2 Å². The lowest BCUT2D eigenvalue weighted by Gasteiger charge is -2.15. The average Bonchev–Trinajstić information content (AvgIpc) is 2.64. The second-order valence-electron chi connectivity index (χ2n) is 5.66. The lowest BCUT2D eigenvalue weighted by Crippen LogP contribution is -1.94. The van der Waals surface area contributed by atoms with Crippen molar-refractivity contribution in [3.05, 3.63) is 91.0 Å². The predicted octanol–water partition coefficient (Wildman–Crippen LogP) is 6.15. The van der Waals surface area contributed by atoms with Crippen molar-refractivity contribution < 1.29 is 4.74 Å². The first-order valence-corrected chi connectivity index (χ1v) is 8.35. The standard InChI is InChI=1S/C23H22O/c1-3-9-19-12-8-13-22(18-10-6-5-7-11-18)23(19)20-14-16-21(17-15-20)24-4-2/h3,5-8,10-17H,1,4,9H2,2H3. The Morgan fingerprint density at radius 3 is 2.25 bits per heavy atom. The minimum atomic E-state index is 0.682. The Hall–Kier alpha value is -2.80. The maximum Gasteiger partial charge on any atom is 0.119 e. The molecule has 3 aromatic carbocycles. The van der Waals surface area contributed by atoms with Gasteiger partial charge in [0.25, 0.3) is 0 Å². The topological polar surface area (TPSA) is 9.23 Å². The lowest BCUT2D eigenvalue weighted by molar-refractivity contribution is 0.340. The van der Waals surface area contributed by atoms with Gasteiger partial charge in [-0.1, -0.05) is 66.7 Å². The van der Waals surface area contributed by atoms with Crippen LogP contribution in [0.15, 0.2) is 85.5 Å². The summed E-state index contributed by atoms with van der Waals surface area (Å²) in [5.41, 5.74) is 6.24. The summed E-state index contributed by atoms with van der Waals surface area (Å²) in [6.45, 7) is 6.59. The molecule has 0 atom stereocenters. The Labute approximate surface area is 144 Å². The molecule has 1 nitrogen and oxygen atoms in total. The smallest absolute Gasteiger partial charge is 0.119 e. The molecule has 0 N–H and O–H groups in total. The zero-order valence-electron chi connectivity index (χ0n) is 14.0. The highest BCUT2D eigenvalue weighted by Gasteiger charge is 2.11. The second-order valence-corrected chi connectivity index (χ2v) is 5.66. The molecule has 0 bridgehead atoms. The molecule has 0 amide bonds. The first kappa shape index (κ1) is 16.1. The SMILES string of the molecule is C=CCc1cccc(-c2ccccc2)c1-c1ccc(OCC)cc1. The van der Waals surface area contributed by atoms with Crippen molar-refractivity contribution in [1.29, 1.82) is 0 Å². The van der Waals surface area contributed by atoms with Gasteiger partial charge in [-0.2, -0.15) is 0 Å². The van der Waals surface area contributed by atoms with Gasteiger partial charge in [-0.15, -0.1) is 6.58 Å². The summed E-state index contributed by atoms with van der Waals surface area (Å²) in [5, 5.41) is 0. The van der Waals surface area contributed by atoms with E-state index < -0.39 is 0 Å². The molecule has 0 spiro atoms. The molecular formula is C23H22O. The third-order valence-electron chi connectivity index (χ3n) is 4.05. The predicted molar refractivity (Wildman–Crippen MR) is 102 cm³/mol. The van der Waals surface area contributed by atoms with Gasteiger partial charge < -0.3 is 4.74 Å². The molecule has 0 aliphatic heterocycles. The molecule has 24 heavy (non-hydrogen) atoms. The van der Waals surface area contributed by atoms with Crippen LogP contribution < -0.4 is 4.74 Å². The van der Waals surface area contributed by atoms with Gasteiger partial charge in [0.2, 0.25) is 0 Å². The van der Waals surface area contributed by atoms with Gasteiger partial charge in [0.05, 0.1) is 6.61 Å². The monoisotopic (exact) mass is 314 g/mol. The molecule has 0 fully saturated rings. The maximum absolute atomic E-state index is 5.57. The van der Waals surface area contributed by atoms with Gasteiger partial charge in [0.15, 0.2) is 0 Å². The van der Waals surface area contributed by atoms with E-state index in [0.717, 1.165) is 12.2 Å². The van der Waals surface area contributed by atoms with E-state index in [2.05, 4.69) is 61.2 Å². The van der Waals surface area contributed by atoms with Gasteiger partial charge in [0.1, 0.15) is 5.75 Å². The van der Waals surface area contributed by atoms with Crippen LogP contribution in [0.5, 0.6) is 5.75 Å². The molecule has 0 unspecified atom stereocenters. The van der Waals surface area contributed by atoms with Crippen LogP contribution in [-0.2, 0) is 6.42 Å². The molecule has 0 aromatic heterocycles. The number of rotatable bonds is 6. The second kappa shape index (κ2) is 7.65. The normalized spacial score (nSPS) is 10.4. The highest BCUT2D eigenvalue weighted by Crippen LogP contribution is 2.36. The molecule has 0 saturated carbocycles. The third kappa shape index (κ3) is 3.41. The van der Waals surface area contributed by atoms with Crippen LogP contribution in [0.3, 0.4) is 0 Å². The molecule has 0 radical (unpaired) electrons. The molecule has 3 rings (SSSR count). The van der Waals surface area contributed by atoms with Gasteiger partial charge in [-0.05, 0) is 53.3 Å². The largest absolute Gasteiger partial charge is 0.494 e. The molecule has 0 saturated heterocycles. The molecule has 120 valence electrons. The fourth-order valence-electron chi connectivity index (χ4n) is 3.01. The molecule has 0 heterocycles. The number of ether oxygens (including phenoxy) is 1. The quantitative estimate of drug-likeness (QED) is 0.496. The zero-order chi connectivity index (χ0) is 16.8. The van der Waals surface area contributed by atoms with Crippen LogP contribution in [-0.4, -0.2) is 6.61 Å². The van der Waals surface area contributed by atoms with Crippen LogP contribution in [0.1, 0.15) is 12.5 Å². The van der Waals surface area contributed by atoms with Crippen LogP contribution >= 0.6 is 0 Å². The summed E-state index contributed by atoms with van der Waals surface area (Å²) in [6, 6.07) is 25.4. The minimum Gasteiger partial charge on any atom is -0.494 e. The van der Waals surface area contributed by atoms with Crippen LogP contribution in [0.4, 0.5) is 0 Å². The van der Waals surface area contributed by atoms with Crippen molar-refractivity contribution in [2.45, 2.75) is 13.3 Å². The van der Waals surface area contributed by atoms with Crippen LogP contribution in [0.25, 0.3) is 22.3 Å². The number of hydrogen-bond acceptors (Lipinski definition) is 1. The maximum atomic E-state index is 5.57. The van der Waals surface area contributed by atoms with E-state index in [4.69, 9.17) is 4.74 Å². The van der Waals surface area contributed by atoms with Crippen molar-refractivity contribution in [2.24, 2.45) is 0 Å². The zero-order valence-corrected chi connectivity index (χ0v) is 14.0. The summed E-state index contributed by atoms with van der Waals surface area (Å²) in [4.78, 5) is 0. The minimum absolute atomic E-state index is 0.682.